The van der Waals surface area contributed by atoms with E-state index in [0.29, 0.717) is 6.61 Å². The van der Waals surface area contributed by atoms with Crippen LogP contribution in [-0.4, -0.2) is 42.7 Å². The van der Waals surface area contributed by atoms with Crippen LogP contribution in [0.15, 0.2) is 60.8 Å². The Hall–Kier alpha value is -2.43. The van der Waals surface area contributed by atoms with E-state index in [1.54, 1.807) is 0 Å². The molecule has 1 saturated heterocycles. The Labute approximate surface area is 161 Å². The molecule has 140 valence electrons. The molecule has 1 aromatic heterocycles. The van der Waals surface area contributed by atoms with Gasteiger partial charge in [-0.2, -0.15) is 0 Å². The summed E-state index contributed by atoms with van der Waals surface area (Å²) in [5.41, 5.74) is 3.55. The van der Waals surface area contributed by atoms with Crippen LogP contribution in [0.5, 0.6) is 5.75 Å². The standard InChI is InChI=1S/C23H27N3O/c1-2-27-21-9-5-8-19(16-21)23(26-13-6-11-24-12-14-26)20-15-18-7-3-4-10-22(18)25-17-20/h3-5,7-10,15-17,23-24H,2,6,11-14H2,1H3. The minimum atomic E-state index is 0.183. The fraction of sp³-hybridized carbons (Fsp3) is 0.348. The third-order valence-electron chi connectivity index (χ3n) is 5.15. The summed E-state index contributed by atoms with van der Waals surface area (Å²) in [6, 6.07) is 19.3. The minimum absolute atomic E-state index is 0.183. The van der Waals surface area contributed by atoms with E-state index in [0.717, 1.165) is 43.9 Å². The smallest absolute Gasteiger partial charge is 0.119 e. The van der Waals surface area contributed by atoms with Crippen LogP contribution < -0.4 is 10.1 Å². The molecule has 0 amide bonds. The Morgan fingerprint density at radius 2 is 1.96 bits per heavy atom. The van der Waals surface area contributed by atoms with Crippen LogP contribution in [0.3, 0.4) is 0 Å². The highest BCUT2D eigenvalue weighted by atomic mass is 16.5. The normalized spacial score (nSPS) is 16.8. The lowest BCUT2D eigenvalue weighted by Crippen LogP contribution is -2.33. The predicted octanol–water partition coefficient (Wildman–Crippen LogP) is 4.02. The fourth-order valence-corrected chi connectivity index (χ4v) is 3.92. The first-order chi connectivity index (χ1) is 13.3. The average molecular weight is 361 g/mol. The van der Waals surface area contributed by atoms with Gasteiger partial charge in [0.05, 0.1) is 18.2 Å². The molecular weight excluding hydrogens is 334 g/mol. The lowest BCUT2D eigenvalue weighted by molar-refractivity contribution is 0.240. The van der Waals surface area contributed by atoms with Gasteiger partial charge in [-0.15, -0.1) is 0 Å². The van der Waals surface area contributed by atoms with E-state index in [1.165, 1.54) is 16.5 Å². The van der Waals surface area contributed by atoms with Gasteiger partial charge in [0.15, 0.2) is 0 Å². The molecule has 4 rings (SSSR count). The predicted molar refractivity (Wildman–Crippen MR) is 110 cm³/mol. The van der Waals surface area contributed by atoms with Crippen LogP contribution >= 0.6 is 0 Å². The van der Waals surface area contributed by atoms with Gasteiger partial charge in [0.2, 0.25) is 0 Å². The molecule has 0 spiro atoms. The van der Waals surface area contributed by atoms with Crippen LogP contribution in [-0.2, 0) is 0 Å². The molecule has 1 aliphatic heterocycles. The van der Waals surface area contributed by atoms with Crippen molar-refractivity contribution in [1.29, 1.82) is 0 Å². The molecule has 0 radical (unpaired) electrons. The summed E-state index contributed by atoms with van der Waals surface area (Å²) in [6.45, 7) is 6.90. The fourth-order valence-electron chi connectivity index (χ4n) is 3.92. The molecule has 4 nitrogen and oxygen atoms in total. The third-order valence-corrected chi connectivity index (χ3v) is 5.15. The van der Waals surface area contributed by atoms with Crippen LogP contribution in [0.2, 0.25) is 0 Å². The lowest BCUT2D eigenvalue weighted by atomic mass is 9.96. The Morgan fingerprint density at radius 3 is 2.89 bits per heavy atom. The summed E-state index contributed by atoms with van der Waals surface area (Å²) >= 11 is 0. The second kappa shape index (κ2) is 8.51. The number of nitrogens with zero attached hydrogens (tertiary/aromatic N) is 2. The number of rotatable bonds is 5. The Balaban J connectivity index is 1.77. The van der Waals surface area contributed by atoms with Gasteiger partial charge in [-0.25, -0.2) is 0 Å². The van der Waals surface area contributed by atoms with Gasteiger partial charge in [0, 0.05) is 31.2 Å². The zero-order valence-electron chi connectivity index (χ0n) is 15.9. The lowest BCUT2D eigenvalue weighted by Gasteiger charge is -2.31. The maximum Gasteiger partial charge on any atom is 0.119 e. The molecule has 27 heavy (non-hydrogen) atoms. The van der Waals surface area contributed by atoms with E-state index in [4.69, 9.17) is 9.72 Å². The molecule has 0 aliphatic carbocycles. The van der Waals surface area contributed by atoms with Gasteiger partial charge in [0.1, 0.15) is 5.75 Å². The van der Waals surface area contributed by atoms with E-state index in [9.17, 15) is 0 Å². The van der Waals surface area contributed by atoms with Crippen LogP contribution in [0.25, 0.3) is 10.9 Å². The van der Waals surface area contributed by atoms with Crippen molar-refractivity contribution in [3.05, 3.63) is 71.9 Å². The first kappa shape index (κ1) is 18.0. The second-order valence-electron chi connectivity index (χ2n) is 7.01. The first-order valence-corrected chi connectivity index (χ1v) is 9.87. The van der Waals surface area contributed by atoms with Gasteiger partial charge >= 0.3 is 0 Å². The summed E-state index contributed by atoms with van der Waals surface area (Å²) in [4.78, 5) is 7.30. The van der Waals surface area contributed by atoms with Gasteiger partial charge in [-0.1, -0.05) is 30.3 Å². The van der Waals surface area contributed by atoms with Crippen molar-refractivity contribution in [3.63, 3.8) is 0 Å². The number of ether oxygens (including phenoxy) is 1. The Morgan fingerprint density at radius 1 is 1.04 bits per heavy atom. The zero-order valence-corrected chi connectivity index (χ0v) is 15.9. The van der Waals surface area contributed by atoms with Crippen molar-refractivity contribution in [1.82, 2.24) is 15.2 Å². The topological polar surface area (TPSA) is 37.4 Å². The molecule has 1 unspecified atom stereocenters. The van der Waals surface area contributed by atoms with Crippen LogP contribution in [0.4, 0.5) is 0 Å². The molecule has 0 bridgehead atoms. The van der Waals surface area contributed by atoms with E-state index < -0.39 is 0 Å². The van der Waals surface area contributed by atoms with E-state index >= 15 is 0 Å². The third kappa shape index (κ3) is 4.12. The molecule has 4 heteroatoms. The van der Waals surface area contributed by atoms with E-state index in [1.807, 2.05) is 25.3 Å². The number of hydrogen-bond donors (Lipinski definition) is 1. The number of para-hydroxylation sites is 1. The molecule has 3 aromatic rings. The number of benzene rings is 2. The van der Waals surface area contributed by atoms with Crippen molar-refractivity contribution in [2.45, 2.75) is 19.4 Å². The van der Waals surface area contributed by atoms with Gasteiger partial charge in [0.25, 0.3) is 0 Å². The van der Waals surface area contributed by atoms with Crippen molar-refractivity contribution >= 4 is 10.9 Å². The quantitative estimate of drug-likeness (QED) is 0.745. The molecule has 1 N–H and O–H groups in total. The number of aromatic nitrogens is 1. The van der Waals surface area contributed by atoms with Crippen molar-refractivity contribution in [3.8, 4) is 5.75 Å². The minimum Gasteiger partial charge on any atom is -0.494 e. The summed E-state index contributed by atoms with van der Waals surface area (Å²) < 4.78 is 5.77. The number of hydrogen-bond acceptors (Lipinski definition) is 4. The van der Waals surface area contributed by atoms with E-state index in [2.05, 4.69) is 52.7 Å². The molecule has 1 aliphatic rings. The molecule has 2 aromatic carbocycles. The van der Waals surface area contributed by atoms with Gasteiger partial charge < -0.3 is 10.1 Å². The highest BCUT2D eigenvalue weighted by Gasteiger charge is 2.24. The van der Waals surface area contributed by atoms with Crippen molar-refractivity contribution in [2.24, 2.45) is 0 Å². The summed E-state index contributed by atoms with van der Waals surface area (Å²) in [5, 5.41) is 4.70. The molecular formula is C23H27N3O. The SMILES string of the molecule is CCOc1cccc(C(c2cnc3ccccc3c2)N2CCCNCC2)c1. The van der Waals surface area contributed by atoms with Gasteiger partial charge in [-0.05, 0) is 55.3 Å². The molecule has 2 heterocycles. The maximum atomic E-state index is 5.77. The summed E-state index contributed by atoms with van der Waals surface area (Å²) in [6.07, 6.45) is 3.20. The summed E-state index contributed by atoms with van der Waals surface area (Å²) in [5.74, 6) is 0.932. The Bertz CT molecular complexity index is 887. The maximum absolute atomic E-state index is 5.77. The largest absolute Gasteiger partial charge is 0.494 e. The summed E-state index contributed by atoms with van der Waals surface area (Å²) in [7, 11) is 0. The highest BCUT2D eigenvalue weighted by molar-refractivity contribution is 5.79. The number of nitrogens with one attached hydrogen (secondary N) is 1. The van der Waals surface area contributed by atoms with Crippen molar-refractivity contribution in [2.75, 3.05) is 32.8 Å². The monoisotopic (exact) mass is 361 g/mol. The molecule has 0 saturated carbocycles. The van der Waals surface area contributed by atoms with Gasteiger partial charge in [-0.3, -0.25) is 9.88 Å². The number of fused-ring (bicyclic) bond motifs is 1. The zero-order chi connectivity index (χ0) is 18.5. The molecule has 1 atom stereocenters. The average Bonchev–Trinajstić information content (AvgIpc) is 2.98. The van der Waals surface area contributed by atoms with Crippen molar-refractivity contribution < 1.29 is 4.74 Å². The van der Waals surface area contributed by atoms with Crippen LogP contribution in [0, 0.1) is 0 Å². The van der Waals surface area contributed by atoms with E-state index in [-0.39, 0.29) is 6.04 Å². The number of pyridine rings is 1. The first-order valence-electron chi connectivity index (χ1n) is 9.87. The Kier molecular flexibility index (Phi) is 5.66. The second-order valence-corrected chi connectivity index (χ2v) is 7.01. The van der Waals surface area contributed by atoms with Crippen LogP contribution in [0.1, 0.15) is 30.5 Å². The molecule has 1 fully saturated rings. The highest BCUT2D eigenvalue weighted by Crippen LogP contribution is 2.32.